The summed E-state index contributed by atoms with van der Waals surface area (Å²) >= 11 is 0. The summed E-state index contributed by atoms with van der Waals surface area (Å²) in [4.78, 5) is 37.8. The third kappa shape index (κ3) is 5.07. The highest BCUT2D eigenvalue weighted by atomic mass is 19.1. The van der Waals surface area contributed by atoms with Gasteiger partial charge in [-0.05, 0) is 38.2 Å². The van der Waals surface area contributed by atoms with E-state index in [-0.39, 0.29) is 30.1 Å². The maximum absolute atomic E-state index is 15.3. The van der Waals surface area contributed by atoms with Gasteiger partial charge in [-0.3, -0.25) is 14.9 Å². The lowest BCUT2D eigenvalue weighted by molar-refractivity contribution is -0.134. The van der Waals surface area contributed by atoms with Crippen LogP contribution in [0.4, 0.5) is 14.9 Å². The molecule has 3 aliphatic rings. The van der Waals surface area contributed by atoms with Crippen molar-refractivity contribution in [2.75, 3.05) is 31.7 Å². The Hall–Kier alpha value is -2.84. The van der Waals surface area contributed by atoms with Gasteiger partial charge in [0, 0.05) is 25.1 Å². The van der Waals surface area contributed by atoms with Crippen LogP contribution in [0.1, 0.15) is 63.4 Å². The van der Waals surface area contributed by atoms with Gasteiger partial charge in [0.2, 0.25) is 11.8 Å². The zero-order chi connectivity index (χ0) is 23.6. The fraction of sp³-hybridized carbons (Fsp3) is 0.625. The normalized spacial score (nSPS) is 22.9. The van der Waals surface area contributed by atoms with Crippen LogP contribution in [-0.2, 0) is 14.3 Å². The molecule has 3 fully saturated rings. The van der Waals surface area contributed by atoms with Gasteiger partial charge >= 0.3 is 6.09 Å². The van der Waals surface area contributed by atoms with E-state index in [2.05, 4.69) is 10.6 Å². The molecule has 1 aromatic rings. The summed E-state index contributed by atoms with van der Waals surface area (Å²) in [7, 11) is 1.38. The largest absolute Gasteiger partial charge is 0.492 e. The van der Waals surface area contributed by atoms with Gasteiger partial charge in [-0.2, -0.15) is 0 Å². The molecule has 2 saturated heterocycles. The predicted octanol–water partition coefficient (Wildman–Crippen LogP) is 3.24. The smallest absolute Gasteiger partial charge is 0.407 e. The number of nitrogens with zero attached hydrogens (tertiary/aromatic N) is 1. The number of carbonyl (C=O) groups excluding carboxylic acids is 3. The van der Waals surface area contributed by atoms with E-state index in [1.165, 1.54) is 26.4 Å². The fourth-order valence-corrected chi connectivity index (χ4v) is 5.14. The lowest BCUT2D eigenvalue weighted by atomic mass is 9.88. The number of piperidine rings is 1. The lowest BCUT2D eigenvalue weighted by Crippen LogP contribution is -2.69. The summed E-state index contributed by atoms with van der Waals surface area (Å²) in [6.45, 7) is 3.32. The second-order valence-corrected chi connectivity index (χ2v) is 9.67. The number of alkyl carbamates (subject to hydrolysis) is 1. The molecule has 0 aromatic heterocycles. The monoisotopic (exact) mass is 461 g/mol. The molecule has 1 atom stereocenters. The third-order valence-electron chi connectivity index (χ3n) is 6.92. The Labute approximate surface area is 193 Å². The van der Waals surface area contributed by atoms with Gasteiger partial charge in [0.25, 0.3) is 0 Å². The van der Waals surface area contributed by atoms with Crippen LogP contribution in [0, 0.1) is 11.7 Å². The van der Waals surface area contributed by atoms with Crippen LogP contribution >= 0.6 is 0 Å². The molecular weight excluding hydrogens is 429 g/mol. The SMILES string of the molecule is COc1c(N2CC(C)(NC(=O)OCC3CCCCC3)C2)ccc(C2CCC(=O)NC2=O)c1F. The predicted molar refractivity (Wildman–Crippen MR) is 120 cm³/mol. The first kappa shape index (κ1) is 23.3. The fourth-order valence-electron chi connectivity index (χ4n) is 5.14. The molecule has 0 radical (unpaired) electrons. The summed E-state index contributed by atoms with van der Waals surface area (Å²) in [5.74, 6) is -1.66. The standard InChI is InChI=1S/C24H32FN3O5/c1-24(27-23(31)33-12-15-6-4-3-5-7-15)13-28(14-24)18-10-8-16(20(25)21(18)32-2)17-9-11-19(29)26-22(17)30/h8,10,15,17H,3-7,9,11-14H2,1-2H3,(H,27,31)(H,26,29,30). The van der Waals surface area contributed by atoms with Crippen molar-refractivity contribution in [1.82, 2.24) is 10.6 Å². The highest BCUT2D eigenvalue weighted by Gasteiger charge is 2.42. The van der Waals surface area contributed by atoms with E-state index < -0.39 is 29.3 Å². The molecule has 2 N–H and O–H groups in total. The number of amides is 3. The highest BCUT2D eigenvalue weighted by Crippen LogP contribution is 2.40. The Balaban J connectivity index is 1.37. The van der Waals surface area contributed by atoms with Crippen LogP contribution in [0.2, 0.25) is 0 Å². The number of ether oxygens (including phenoxy) is 2. The van der Waals surface area contributed by atoms with E-state index in [1.54, 1.807) is 12.1 Å². The van der Waals surface area contributed by atoms with Crippen LogP contribution in [-0.4, -0.2) is 50.3 Å². The Morgan fingerprint density at radius 3 is 2.61 bits per heavy atom. The van der Waals surface area contributed by atoms with Crippen molar-refractivity contribution in [3.05, 3.63) is 23.5 Å². The summed E-state index contributed by atoms with van der Waals surface area (Å²) < 4.78 is 26.1. The van der Waals surface area contributed by atoms with Gasteiger partial charge in [0.15, 0.2) is 11.6 Å². The first-order valence-electron chi connectivity index (χ1n) is 11.7. The quantitative estimate of drug-likeness (QED) is 0.632. The van der Waals surface area contributed by atoms with Gasteiger partial charge in [0.05, 0.1) is 30.9 Å². The number of hydrogen-bond donors (Lipinski definition) is 2. The van der Waals surface area contributed by atoms with Crippen molar-refractivity contribution in [3.63, 3.8) is 0 Å². The third-order valence-corrected chi connectivity index (χ3v) is 6.92. The number of carbonyl (C=O) groups is 3. The van der Waals surface area contributed by atoms with Gasteiger partial charge in [-0.1, -0.05) is 25.3 Å². The van der Waals surface area contributed by atoms with Crippen molar-refractivity contribution in [1.29, 1.82) is 0 Å². The molecule has 180 valence electrons. The zero-order valence-corrected chi connectivity index (χ0v) is 19.2. The Morgan fingerprint density at radius 2 is 1.94 bits per heavy atom. The first-order valence-corrected chi connectivity index (χ1v) is 11.7. The molecule has 0 spiro atoms. The Morgan fingerprint density at radius 1 is 1.21 bits per heavy atom. The molecule has 2 aliphatic heterocycles. The van der Waals surface area contributed by atoms with Crippen LogP contribution in [0.5, 0.6) is 5.75 Å². The zero-order valence-electron chi connectivity index (χ0n) is 19.2. The summed E-state index contributed by atoms with van der Waals surface area (Å²) in [6, 6.07) is 3.30. The number of imide groups is 1. The minimum atomic E-state index is -0.729. The number of anilines is 1. The van der Waals surface area contributed by atoms with E-state index in [1.807, 2.05) is 11.8 Å². The maximum atomic E-state index is 15.3. The second kappa shape index (κ2) is 9.57. The molecule has 4 rings (SSSR count). The van der Waals surface area contributed by atoms with E-state index in [9.17, 15) is 14.4 Å². The molecule has 1 saturated carbocycles. The van der Waals surface area contributed by atoms with Gasteiger partial charge in [0.1, 0.15) is 0 Å². The van der Waals surface area contributed by atoms with Gasteiger partial charge < -0.3 is 19.7 Å². The Kier molecular flexibility index (Phi) is 6.76. The van der Waals surface area contributed by atoms with Crippen LogP contribution < -0.4 is 20.3 Å². The molecule has 3 amide bonds. The molecule has 0 bridgehead atoms. The molecule has 33 heavy (non-hydrogen) atoms. The minimum absolute atomic E-state index is 0.0547. The summed E-state index contributed by atoms with van der Waals surface area (Å²) in [5, 5.41) is 5.20. The maximum Gasteiger partial charge on any atom is 0.407 e. The van der Waals surface area contributed by atoms with Crippen molar-refractivity contribution in [2.45, 2.75) is 63.3 Å². The lowest BCUT2D eigenvalue weighted by Gasteiger charge is -2.49. The van der Waals surface area contributed by atoms with Crippen molar-refractivity contribution >= 4 is 23.6 Å². The molecule has 1 unspecified atom stereocenters. The van der Waals surface area contributed by atoms with E-state index in [0.29, 0.717) is 31.3 Å². The number of hydrogen-bond acceptors (Lipinski definition) is 6. The van der Waals surface area contributed by atoms with E-state index in [4.69, 9.17) is 9.47 Å². The van der Waals surface area contributed by atoms with Gasteiger partial charge in [-0.15, -0.1) is 0 Å². The average Bonchev–Trinajstić information content (AvgIpc) is 2.77. The topological polar surface area (TPSA) is 97.0 Å². The van der Waals surface area contributed by atoms with E-state index in [0.717, 1.165) is 12.8 Å². The number of nitrogens with one attached hydrogen (secondary N) is 2. The van der Waals surface area contributed by atoms with E-state index >= 15 is 4.39 Å². The Bertz CT molecular complexity index is 925. The molecule has 2 heterocycles. The van der Waals surface area contributed by atoms with Crippen LogP contribution in [0.15, 0.2) is 12.1 Å². The van der Waals surface area contributed by atoms with Crippen molar-refractivity contribution in [2.24, 2.45) is 5.92 Å². The minimum Gasteiger partial charge on any atom is -0.492 e. The van der Waals surface area contributed by atoms with Crippen LogP contribution in [0.3, 0.4) is 0 Å². The first-order chi connectivity index (χ1) is 15.8. The molecule has 1 aliphatic carbocycles. The number of methoxy groups -OCH3 is 1. The molecular formula is C24H32FN3O5. The number of benzene rings is 1. The molecule has 8 nitrogen and oxygen atoms in total. The highest BCUT2D eigenvalue weighted by molar-refractivity contribution is 6.01. The van der Waals surface area contributed by atoms with Crippen molar-refractivity contribution in [3.8, 4) is 5.75 Å². The summed E-state index contributed by atoms with van der Waals surface area (Å²) in [6.07, 6.45) is 5.89. The molecule has 9 heteroatoms. The number of halogens is 1. The van der Waals surface area contributed by atoms with Crippen LogP contribution in [0.25, 0.3) is 0 Å². The number of rotatable bonds is 6. The average molecular weight is 462 g/mol. The summed E-state index contributed by atoms with van der Waals surface area (Å²) in [5.41, 5.74) is 0.280. The molecule has 1 aromatic carbocycles. The van der Waals surface area contributed by atoms with Gasteiger partial charge in [-0.25, -0.2) is 9.18 Å². The van der Waals surface area contributed by atoms with Crippen molar-refractivity contribution < 1.29 is 28.2 Å². The second-order valence-electron chi connectivity index (χ2n) is 9.67.